The van der Waals surface area contributed by atoms with Gasteiger partial charge in [-0.05, 0) is 25.7 Å². The maximum atomic E-state index is 12.3. The van der Waals surface area contributed by atoms with Crippen LogP contribution >= 0.6 is 0 Å². The van der Waals surface area contributed by atoms with Gasteiger partial charge in [-0.25, -0.2) is 0 Å². The van der Waals surface area contributed by atoms with Crippen molar-refractivity contribution in [2.75, 3.05) is 6.54 Å². The first-order valence-corrected chi connectivity index (χ1v) is 8.14. The van der Waals surface area contributed by atoms with E-state index in [0.717, 1.165) is 38.1 Å². The summed E-state index contributed by atoms with van der Waals surface area (Å²) in [4.78, 5) is 18.7. The number of fused-ring (bicyclic) bond motifs is 2. The van der Waals surface area contributed by atoms with E-state index in [9.17, 15) is 4.79 Å². The molecule has 1 aliphatic carbocycles. The lowest BCUT2D eigenvalue weighted by molar-refractivity contribution is -0.132. The van der Waals surface area contributed by atoms with Crippen LogP contribution in [0.5, 0.6) is 0 Å². The van der Waals surface area contributed by atoms with Gasteiger partial charge in [0, 0.05) is 31.0 Å². The molecule has 21 heavy (non-hydrogen) atoms. The van der Waals surface area contributed by atoms with Crippen molar-refractivity contribution in [2.45, 2.75) is 69.5 Å². The summed E-state index contributed by atoms with van der Waals surface area (Å²) in [7, 11) is 0. The van der Waals surface area contributed by atoms with Crippen LogP contribution in [-0.2, 0) is 11.3 Å². The second-order valence-electron chi connectivity index (χ2n) is 6.65. The molecule has 0 radical (unpaired) electrons. The van der Waals surface area contributed by atoms with E-state index in [4.69, 9.17) is 4.52 Å². The van der Waals surface area contributed by atoms with Crippen molar-refractivity contribution in [3.63, 3.8) is 0 Å². The Balaban J connectivity index is 1.44. The average molecular weight is 290 g/mol. The largest absolute Gasteiger partial charge is 0.339 e. The highest BCUT2D eigenvalue weighted by molar-refractivity contribution is 5.77. The zero-order chi connectivity index (χ0) is 14.2. The Morgan fingerprint density at radius 3 is 2.86 bits per heavy atom. The number of nitrogens with one attached hydrogen (secondary N) is 1. The molecule has 1 N–H and O–H groups in total. The average Bonchev–Trinajstić information content (AvgIpc) is 3.16. The lowest BCUT2D eigenvalue weighted by Gasteiger charge is -2.22. The van der Waals surface area contributed by atoms with Gasteiger partial charge in [-0.1, -0.05) is 18.0 Å². The van der Waals surface area contributed by atoms with E-state index in [1.54, 1.807) is 0 Å². The number of carbonyl (C=O) groups is 1. The Hall–Kier alpha value is -1.43. The first-order chi connectivity index (χ1) is 10.3. The van der Waals surface area contributed by atoms with Crippen LogP contribution in [0.4, 0.5) is 0 Å². The van der Waals surface area contributed by atoms with E-state index in [1.165, 1.54) is 12.8 Å². The van der Waals surface area contributed by atoms with Gasteiger partial charge in [-0.15, -0.1) is 0 Å². The van der Waals surface area contributed by atoms with Crippen molar-refractivity contribution in [3.8, 4) is 0 Å². The van der Waals surface area contributed by atoms with Crippen molar-refractivity contribution in [3.05, 3.63) is 11.7 Å². The summed E-state index contributed by atoms with van der Waals surface area (Å²) < 4.78 is 5.40. The van der Waals surface area contributed by atoms with Crippen LogP contribution < -0.4 is 5.32 Å². The standard InChI is InChI=1S/C15H22N4O2/c20-14-7-11-5-6-12(16-11)8-19(14)9-13-17-15(21-18-13)10-3-1-2-4-10/h10-12,16H,1-9H2/t11-,12+/m1/s1. The number of carbonyl (C=O) groups excluding carboxylic acids is 1. The van der Waals surface area contributed by atoms with E-state index in [-0.39, 0.29) is 5.91 Å². The molecule has 6 heteroatoms. The van der Waals surface area contributed by atoms with Crippen molar-refractivity contribution in [1.29, 1.82) is 0 Å². The maximum absolute atomic E-state index is 12.3. The van der Waals surface area contributed by atoms with Gasteiger partial charge in [0.05, 0.1) is 6.54 Å². The topological polar surface area (TPSA) is 71.3 Å². The molecule has 4 rings (SSSR count). The lowest BCUT2D eigenvalue weighted by Crippen LogP contribution is -2.37. The molecule has 6 nitrogen and oxygen atoms in total. The molecule has 1 aromatic rings. The smallest absolute Gasteiger partial charge is 0.229 e. The molecule has 1 amide bonds. The number of likely N-dealkylation sites (tertiary alicyclic amines) is 1. The van der Waals surface area contributed by atoms with Gasteiger partial charge in [0.2, 0.25) is 11.8 Å². The second kappa shape index (κ2) is 5.40. The number of nitrogens with zero attached hydrogens (tertiary/aromatic N) is 3. The van der Waals surface area contributed by atoms with E-state index in [1.807, 2.05) is 4.90 Å². The predicted octanol–water partition coefficient (Wildman–Crippen LogP) is 1.58. The summed E-state index contributed by atoms with van der Waals surface area (Å²) in [6.07, 6.45) is 7.69. The summed E-state index contributed by atoms with van der Waals surface area (Å²) in [5, 5.41) is 7.60. The third-order valence-corrected chi connectivity index (χ3v) is 5.07. The highest BCUT2D eigenvalue weighted by Gasteiger charge is 2.34. The van der Waals surface area contributed by atoms with Crippen LogP contribution in [0.15, 0.2) is 4.52 Å². The van der Waals surface area contributed by atoms with E-state index >= 15 is 0 Å². The highest BCUT2D eigenvalue weighted by Crippen LogP contribution is 2.33. The molecule has 114 valence electrons. The van der Waals surface area contributed by atoms with Gasteiger partial charge in [-0.3, -0.25) is 4.79 Å². The van der Waals surface area contributed by atoms with E-state index in [2.05, 4.69) is 15.5 Å². The Morgan fingerprint density at radius 2 is 2.00 bits per heavy atom. The molecule has 2 bridgehead atoms. The van der Waals surface area contributed by atoms with Crippen LogP contribution in [0.1, 0.15) is 62.6 Å². The Kier molecular flexibility index (Phi) is 3.41. The number of amides is 1. The lowest BCUT2D eigenvalue weighted by atomic mass is 10.1. The molecule has 1 aromatic heterocycles. The fourth-order valence-electron chi connectivity index (χ4n) is 3.91. The second-order valence-corrected chi connectivity index (χ2v) is 6.65. The van der Waals surface area contributed by atoms with Gasteiger partial charge < -0.3 is 14.7 Å². The molecule has 0 spiro atoms. The van der Waals surface area contributed by atoms with Crippen LogP contribution in [0, 0.1) is 0 Å². The number of hydrogen-bond acceptors (Lipinski definition) is 5. The quantitative estimate of drug-likeness (QED) is 0.915. The summed E-state index contributed by atoms with van der Waals surface area (Å²) in [6.45, 7) is 1.25. The van der Waals surface area contributed by atoms with Crippen LogP contribution in [0.25, 0.3) is 0 Å². The molecular weight excluding hydrogens is 268 g/mol. The molecule has 0 aromatic carbocycles. The predicted molar refractivity (Wildman–Crippen MR) is 75.5 cm³/mol. The van der Waals surface area contributed by atoms with Gasteiger partial charge in [0.15, 0.2) is 5.82 Å². The highest BCUT2D eigenvalue weighted by atomic mass is 16.5. The third-order valence-electron chi connectivity index (χ3n) is 5.07. The van der Waals surface area contributed by atoms with Crippen molar-refractivity contribution in [1.82, 2.24) is 20.4 Å². The van der Waals surface area contributed by atoms with Crippen molar-refractivity contribution < 1.29 is 9.32 Å². The van der Waals surface area contributed by atoms with Crippen molar-refractivity contribution in [2.24, 2.45) is 0 Å². The summed E-state index contributed by atoms with van der Waals surface area (Å²) in [6, 6.07) is 0.800. The SMILES string of the molecule is O=C1C[C@H]2CC[C@@H](CN1Cc1noc(C3CCCC3)n1)N2. The Bertz CT molecular complexity index is 523. The van der Waals surface area contributed by atoms with Gasteiger partial charge in [0.25, 0.3) is 0 Å². The summed E-state index contributed by atoms with van der Waals surface area (Å²) in [5.41, 5.74) is 0. The van der Waals surface area contributed by atoms with Gasteiger partial charge >= 0.3 is 0 Å². The molecule has 2 atom stereocenters. The Morgan fingerprint density at radius 1 is 1.19 bits per heavy atom. The molecule has 3 aliphatic rings. The molecule has 2 saturated heterocycles. The van der Waals surface area contributed by atoms with E-state index in [0.29, 0.717) is 36.8 Å². The number of rotatable bonds is 3. The van der Waals surface area contributed by atoms with Crippen LogP contribution in [0.3, 0.4) is 0 Å². The van der Waals surface area contributed by atoms with Gasteiger partial charge in [0.1, 0.15) is 0 Å². The molecular formula is C15H22N4O2. The molecule has 2 aliphatic heterocycles. The van der Waals surface area contributed by atoms with Gasteiger partial charge in [-0.2, -0.15) is 4.98 Å². The van der Waals surface area contributed by atoms with E-state index < -0.39 is 0 Å². The minimum atomic E-state index is 0.210. The summed E-state index contributed by atoms with van der Waals surface area (Å²) in [5.74, 6) is 2.07. The minimum Gasteiger partial charge on any atom is -0.339 e. The molecule has 3 heterocycles. The first kappa shape index (κ1) is 13.2. The molecule has 1 saturated carbocycles. The minimum absolute atomic E-state index is 0.210. The van der Waals surface area contributed by atoms with Crippen LogP contribution in [0.2, 0.25) is 0 Å². The van der Waals surface area contributed by atoms with Crippen molar-refractivity contribution >= 4 is 5.91 Å². The molecule has 3 fully saturated rings. The zero-order valence-electron chi connectivity index (χ0n) is 12.3. The Labute approximate surface area is 124 Å². The summed E-state index contributed by atoms with van der Waals surface area (Å²) >= 11 is 0. The zero-order valence-corrected chi connectivity index (χ0v) is 12.3. The fraction of sp³-hybridized carbons (Fsp3) is 0.800. The third kappa shape index (κ3) is 2.69. The maximum Gasteiger partial charge on any atom is 0.229 e. The molecule has 0 unspecified atom stereocenters. The normalized spacial score (nSPS) is 30.1. The fourth-order valence-corrected chi connectivity index (χ4v) is 3.91. The number of aromatic nitrogens is 2. The monoisotopic (exact) mass is 290 g/mol. The first-order valence-electron chi connectivity index (χ1n) is 8.14. The van der Waals surface area contributed by atoms with Crippen LogP contribution in [-0.4, -0.2) is 39.6 Å². The number of hydrogen-bond donors (Lipinski definition) is 1.